The van der Waals surface area contributed by atoms with Gasteiger partial charge in [-0.05, 0) is 31.7 Å². The van der Waals surface area contributed by atoms with E-state index in [1.807, 2.05) is 17.5 Å². The molecular weight excluding hydrogens is 312 g/mol. The van der Waals surface area contributed by atoms with Gasteiger partial charge in [-0.1, -0.05) is 43.7 Å². The number of aliphatic hydroxyl groups excluding tert-OH is 1. The van der Waals surface area contributed by atoms with Crippen LogP contribution in [0.5, 0.6) is 0 Å². The Morgan fingerprint density at radius 3 is 2.48 bits per heavy atom. The van der Waals surface area contributed by atoms with Crippen molar-refractivity contribution in [1.82, 2.24) is 14.6 Å². The summed E-state index contributed by atoms with van der Waals surface area (Å²) in [5.74, 6) is 1.23. The molecule has 0 saturated carbocycles. The van der Waals surface area contributed by atoms with Gasteiger partial charge < -0.3 is 10.4 Å². The fourth-order valence-electron chi connectivity index (χ4n) is 2.94. The van der Waals surface area contributed by atoms with Gasteiger partial charge >= 0.3 is 0 Å². The van der Waals surface area contributed by atoms with E-state index < -0.39 is 0 Å². The molecule has 0 radical (unpaired) electrons. The monoisotopic (exact) mass is 338 g/mol. The first-order valence-electron chi connectivity index (χ1n) is 8.79. The quantitative estimate of drug-likeness (QED) is 0.713. The van der Waals surface area contributed by atoms with Crippen LogP contribution in [0.4, 0.5) is 5.82 Å². The summed E-state index contributed by atoms with van der Waals surface area (Å²) >= 11 is 0. The number of nitrogens with one attached hydrogen (secondary N) is 1. The highest BCUT2D eigenvalue weighted by molar-refractivity contribution is 5.52. The van der Waals surface area contributed by atoms with E-state index >= 15 is 0 Å². The van der Waals surface area contributed by atoms with Gasteiger partial charge in [0.05, 0.1) is 11.7 Å². The lowest BCUT2D eigenvalue weighted by Crippen LogP contribution is -2.16. The highest BCUT2D eigenvalue weighted by Crippen LogP contribution is 2.26. The molecule has 0 fully saturated rings. The van der Waals surface area contributed by atoms with Crippen LogP contribution in [0, 0.1) is 13.8 Å². The molecule has 0 unspecified atom stereocenters. The fourth-order valence-corrected chi connectivity index (χ4v) is 2.94. The van der Waals surface area contributed by atoms with Crippen LogP contribution in [0.1, 0.15) is 54.7 Å². The largest absolute Gasteiger partial charge is 0.396 e. The van der Waals surface area contributed by atoms with Gasteiger partial charge in [0.15, 0.2) is 5.65 Å². The zero-order chi connectivity index (χ0) is 18.0. The summed E-state index contributed by atoms with van der Waals surface area (Å²) in [6.45, 7) is 8.44. The number of nitrogens with zero attached hydrogens (tertiary/aromatic N) is 3. The van der Waals surface area contributed by atoms with Crippen LogP contribution in [0.2, 0.25) is 0 Å². The van der Waals surface area contributed by atoms with Crippen molar-refractivity contribution in [3.63, 3.8) is 0 Å². The Hall–Kier alpha value is -2.40. The molecule has 25 heavy (non-hydrogen) atoms. The molecule has 2 N–H and O–H groups in total. The molecule has 5 heteroatoms. The lowest BCUT2D eigenvalue weighted by molar-refractivity contribution is 0.280. The van der Waals surface area contributed by atoms with Gasteiger partial charge in [-0.3, -0.25) is 0 Å². The fraction of sp³-hybridized carbons (Fsp3) is 0.400. The predicted molar refractivity (Wildman–Crippen MR) is 101 cm³/mol. The molecule has 2 heterocycles. The van der Waals surface area contributed by atoms with Crippen molar-refractivity contribution in [2.75, 3.05) is 11.9 Å². The maximum Gasteiger partial charge on any atom is 0.157 e. The minimum absolute atomic E-state index is 0.0146. The highest BCUT2D eigenvalue weighted by Gasteiger charge is 2.16. The number of fused-ring (bicyclic) bond motifs is 1. The lowest BCUT2D eigenvalue weighted by atomic mass is 10.0. The zero-order valence-electron chi connectivity index (χ0n) is 15.3. The molecule has 5 nitrogen and oxygen atoms in total. The Balaban J connectivity index is 2.02. The first-order chi connectivity index (χ1) is 12.0. The van der Waals surface area contributed by atoms with Crippen LogP contribution >= 0.6 is 0 Å². The lowest BCUT2D eigenvalue weighted by Gasteiger charge is -2.21. The summed E-state index contributed by atoms with van der Waals surface area (Å²) in [4.78, 5) is 4.70. The molecule has 3 aromatic rings. The van der Waals surface area contributed by atoms with Crippen LogP contribution in [-0.2, 0) is 0 Å². The second-order valence-electron chi connectivity index (χ2n) is 6.90. The van der Waals surface area contributed by atoms with Crippen molar-refractivity contribution in [1.29, 1.82) is 0 Å². The zero-order valence-corrected chi connectivity index (χ0v) is 15.3. The molecule has 0 aliphatic heterocycles. The average Bonchev–Trinajstić information content (AvgIpc) is 2.95. The number of hydrogen-bond donors (Lipinski definition) is 2. The summed E-state index contributed by atoms with van der Waals surface area (Å²) < 4.78 is 1.85. The minimum Gasteiger partial charge on any atom is -0.396 e. The minimum atomic E-state index is 0.0146. The Kier molecular flexibility index (Phi) is 5.04. The van der Waals surface area contributed by atoms with Gasteiger partial charge in [0, 0.05) is 24.4 Å². The summed E-state index contributed by atoms with van der Waals surface area (Å²) in [7, 11) is 0. The van der Waals surface area contributed by atoms with Crippen molar-refractivity contribution in [2.45, 2.75) is 46.1 Å². The van der Waals surface area contributed by atoms with E-state index in [9.17, 15) is 5.11 Å². The average molecular weight is 338 g/mol. The predicted octanol–water partition coefficient (Wildman–Crippen LogP) is 4.01. The van der Waals surface area contributed by atoms with Gasteiger partial charge in [0.2, 0.25) is 0 Å². The van der Waals surface area contributed by atoms with Crippen molar-refractivity contribution < 1.29 is 5.11 Å². The summed E-state index contributed by atoms with van der Waals surface area (Å²) in [6, 6.07) is 12.5. The van der Waals surface area contributed by atoms with E-state index in [4.69, 9.17) is 4.98 Å². The van der Waals surface area contributed by atoms with E-state index in [0.29, 0.717) is 12.3 Å². The van der Waals surface area contributed by atoms with Crippen LogP contribution in [0.3, 0.4) is 0 Å². The van der Waals surface area contributed by atoms with E-state index in [1.54, 1.807) is 0 Å². The maximum absolute atomic E-state index is 9.52. The third-order valence-corrected chi connectivity index (χ3v) is 4.38. The summed E-state index contributed by atoms with van der Waals surface area (Å²) in [6.07, 6.45) is 0.629. The summed E-state index contributed by atoms with van der Waals surface area (Å²) in [5.41, 5.74) is 5.19. The van der Waals surface area contributed by atoms with Gasteiger partial charge in [-0.15, -0.1) is 0 Å². The molecule has 0 bridgehead atoms. The Morgan fingerprint density at radius 2 is 1.84 bits per heavy atom. The molecular formula is C20H26N4O. The molecule has 0 aliphatic rings. The first-order valence-corrected chi connectivity index (χ1v) is 8.79. The molecule has 0 aliphatic carbocycles. The molecule has 1 atom stereocenters. The van der Waals surface area contributed by atoms with Crippen LogP contribution in [-0.4, -0.2) is 26.3 Å². The van der Waals surface area contributed by atoms with Gasteiger partial charge in [0.25, 0.3) is 0 Å². The van der Waals surface area contributed by atoms with Crippen molar-refractivity contribution >= 4 is 11.5 Å². The second-order valence-corrected chi connectivity index (χ2v) is 6.90. The van der Waals surface area contributed by atoms with Crippen molar-refractivity contribution in [3.05, 3.63) is 58.9 Å². The van der Waals surface area contributed by atoms with E-state index in [1.165, 1.54) is 5.56 Å². The number of aromatic nitrogens is 3. The van der Waals surface area contributed by atoms with Crippen molar-refractivity contribution in [2.24, 2.45) is 0 Å². The van der Waals surface area contributed by atoms with E-state index in [2.05, 4.69) is 61.5 Å². The Morgan fingerprint density at radius 1 is 1.12 bits per heavy atom. The number of rotatable bonds is 6. The number of benzene rings is 1. The Labute approximate surface area is 148 Å². The smallest absolute Gasteiger partial charge is 0.157 e. The molecule has 1 aromatic carbocycles. The van der Waals surface area contributed by atoms with Crippen molar-refractivity contribution in [3.8, 4) is 0 Å². The van der Waals surface area contributed by atoms with E-state index in [-0.39, 0.29) is 12.6 Å². The number of aliphatic hydroxyl groups is 1. The standard InChI is InChI=1S/C20H26N4O/c1-13(2)18-12-20(24-19(22-18)11-15(4)23-24)21-17(9-10-25)16-7-5-14(3)6-8-16/h5-8,11-13,17,21,25H,9-10H2,1-4H3/t17-/m1/s1. The third-order valence-electron chi connectivity index (χ3n) is 4.38. The number of aryl methyl sites for hydroxylation is 2. The van der Waals surface area contributed by atoms with Crippen LogP contribution in [0.15, 0.2) is 36.4 Å². The molecule has 0 spiro atoms. The summed E-state index contributed by atoms with van der Waals surface area (Å²) in [5, 5.41) is 17.6. The van der Waals surface area contributed by atoms with Gasteiger partial charge in [-0.2, -0.15) is 9.61 Å². The molecule has 3 rings (SSSR count). The van der Waals surface area contributed by atoms with Crippen LogP contribution in [0.25, 0.3) is 5.65 Å². The van der Waals surface area contributed by atoms with Crippen LogP contribution < -0.4 is 5.32 Å². The molecule has 0 saturated heterocycles. The first kappa shape index (κ1) is 17.4. The molecule has 2 aromatic heterocycles. The number of hydrogen-bond acceptors (Lipinski definition) is 4. The maximum atomic E-state index is 9.52. The molecule has 0 amide bonds. The van der Waals surface area contributed by atoms with Gasteiger partial charge in [0.1, 0.15) is 5.82 Å². The normalized spacial score (nSPS) is 12.7. The number of anilines is 1. The highest BCUT2D eigenvalue weighted by atomic mass is 16.3. The van der Waals surface area contributed by atoms with Gasteiger partial charge in [-0.25, -0.2) is 4.98 Å². The SMILES string of the molecule is Cc1ccc([C@@H](CCO)Nc2cc(C(C)C)nc3cc(C)nn23)cc1. The Bertz CT molecular complexity index is 852. The molecule has 132 valence electrons. The van der Waals surface area contributed by atoms with E-state index in [0.717, 1.165) is 28.4 Å². The third kappa shape index (κ3) is 3.82. The topological polar surface area (TPSA) is 62.5 Å². The second kappa shape index (κ2) is 7.23.